The van der Waals surface area contributed by atoms with Gasteiger partial charge in [0.2, 0.25) is 0 Å². The maximum Gasteiger partial charge on any atom is 0.180 e. The first-order valence-electron chi connectivity index (χ1n) is 6.33. The molecule has 1 aromatic carbocycles. The van der Waals surface area contributed by atoms with Crippen LogP contribution in [0, 0.1) is 0 Å². The van der Waals surface area contributed by atoms with Crippen LogP contribution >= 0.6 is 0 Å². The number of nitrogens with two attached hydrogens (primary N) is 2. The van der Waals surface area contributed by atoms with Crippen LogP contribution in [0.1, 0.15) is 0 Å². The minimum absolute atomic E-state index is 0.0256. The second-order valence-electron chi connectivity index (χ2n) is 4.66. The monoisotopic (exact) mass is 274 g/mol. The molecule has 0 radical (unpaired) electrons. The summed E-state index contributed by atoms with van der Waals surface area (Å²) in [6.07, 6.45) is 4.69. The van der Waals surface area contributed by atoms with E-state index in [1.807, 2.05) is 43.3 Å². The van der Waals surface area contributed by atoms with Gasteiger partial charge in [-0.3, -0.25) is 4.79 Å². The van der Waals surface area contributed by atoms with Crippen LogP contribution in [0.5, 0.6) is 0 Å². The van der Waals surface area contributed by atoms with Crippen molar-refractivity contribution in [2.24, 2.45) is 5.73 Å². The molecule has 0 saturated carbocycles. The van der Waals surface area contributed by atoms with Gasteiger partial charge in [0.05, 0.1) is 6.04 Å². The first kappa shape index (κ1) is 15.8. The van der Waals surface area contributed by atoms with Crippen molar-refractivity contribution < 1.29 is 4.79 Å². The van der Waals surface area contributed by atoms with Gasteiger partial charge in [-0.1, -0.05) is 6.08 Å². The highest BCUT2D eigenvalue weighted by Crippen LogP contribution is 2.12. The van der Waals surface area contributed by atoms with Gasteiger partial charge in [0.1, 0.15) is 0 Å². The average molecular weight is 274 g/mol. The number of anilines is 2. The summed E-state index contributed by atoms with van der Waals surface area (Å²) in [6.45, 7) is 0. The number of nitrogens with one attached hydrogen (secondary N) is 1. The Hall–Kier alpha value is -2.27. The zero-order chi connectivity index (χ0) is 15.1. The van der Waals surface area contributed by atoms with Gasteiger partial charge in [-0.25, -0.2) is 0 Å². The fraction of sp³-hybridized carbons (Fsp3) is 0.267. The summed E-state index contributed by atoms with van der Waals surface area (Å²) in [7, 11) is 5.81. The molecule has 0 amide bonds. The number of nitrogen functional groups attached to an aromatic ring is 1. The Labute approximate surface area is 119 Å². The zero-order valence-electron chi connectivity index (χ0n) is 12.1. The van der Waals surface area contributed by atoms with E-state index in [0.717, 1.165) is 5.69 Å². The fourth-order valence-corrected chi connectivity index (χ4v) is 1.64. The van der Waals surface area contributed by atoms with Crippen LogP contribution in [0.4, 0.5) is 11.4 Å². The number of likely N-dealkylation sites (N-methyl/N-ethyl adjacent to an activating group) is 1. The lowest BCUT2D eigenvalue weighted by molar-refractivity contribution is -0.110. The molecule has 20 heavy (non-hydrogen) atoms. The quantitative estimate of drug-likeness (QED) is 0.698. The first-order chi connectivity index (χ1) is 9.43. The Kier molecular flexibility index (Phi) is 5.80. The molecule has 0 saturated heterocycles. The van der Waals surface area contributed by atoms with Gasteiger partial charge < -0.3 is 21.7 Å². The molecule has 5 nitrogen and oxygen atoms in total. The lowest BCUT2D eigenvalue weighted by atomic mass is 10.1. The molecule has 108 valence electrons. The predicted octanol–water partition coefficient (Wildman–Crippen LogP) is 0.891. The molecule has 0 aliphatic heterocycles. The Balaban J connectivity index is 0.000000200. The highest BCUT2D eigenvalue weighted by Gasteiger charge is 2.10. The Morgan fingerprint density at radius 2 is 1.75 bits per heavy atom. The molecule has 1 unspecified atom stereocenters. The number of rotatable bonds is 2. The zero-order valence-corrected chi connectivity index (χ0v) is 12.1. The summed E-state index contributed by atoms with van der Waals surface area (Å²) in [5.41, 5.74) is 13.6. The molecule has 5 heteroatoms. The molecule has 1 aliphatic carbocycles. The number of hydrogen-bond acceptors (Lipinski definition) is 5. The molecule has 1 aromatic rings. The summed E-state index contributed by atoms with van der Waals surface area (Å²) in [6, 6.07) is 7.81. The molecule has 2 rings (SSSR count). The third-order valence-electron chi connectivity index (χ3n) is 2.84. The number of hydrogen-bond donors (Lipinski definition) is 3. The summed E-state index contributed by atoms with van der Waals surface area (Å²) >= 11 is 0. The van der Waals surface area contributed by atoms with E-state index in [1.54, 1.807) is 13.1 Å². The van der Waals surface area contributed by atoms with Crippen molar-refractivity contribution in [3.05, 3.63) is 48.2 Å². The van der Waals surface area contributed by atoms with Crippen molar-refractivity contribution in [1.29, 1.82) is 0 Å². The van der Waals surface area contributed by atoms with Crippen LogP contribution in [-0.2, 0) is 4.79 Å². The van der Waals surface area contributed by atoms with E-state index in [0.29, 0.717) is 5.70 Å². The number of benzene rings is 1. The van der Waals surface area contributed by atoms with E-state index in [1.165, 1.54) is 17.8 Å². The number of allylic oxidation sites excluding steroid dienone is 2. The van der Waals surface area contributed by atoms with Gasteiger partial charge in [0.25, 0.3) is 0 Å². The standard InChI is InChI=1S/C8H12N2.C7H10N2O/c1-10(2)8-5-3-7(9)4-6-8;1-9-7-3-2-5(10)4-6(7)8/h3-6H,9H2,1-2H3;2-4,7,9H,8H2,1H3. The van der Waals surface area contributed by atoms with Crippen molar-refractivity contribution in [3.8, 4) is 0 Å². The molecule has 1 atom stereocenters. The summed E-state index contributed by atoms with van der Waals surface area (Å²) in [4.78, 5) is 12.7. The SMILES string of the molecule is CN(C)c1ccc(N)cc1.CNC1C=CC(=O)C=C1N. The number of carbonyl (C=O) groups is 1. The van der Waals surface area contributed by atoms with E-state index in [4.69, 9.17) is 11.5 Å². The Morgan fingerprint density at radius 1 is 1.15 bits per heavy atom. The molecular weight excluding hydrogens is 252 g/mol. The van der Waals surface area contributed by atoms with Crippen molar-refractivity contribution in [3.63, 3.8) is 0 Å². The van der Waals surface area contributed by atoms with Gasteiger partial charge >= 0.3 is 0 Å². The predicted molar refractivity (Wildman–Crippen MR) is 84.4 cm³/mol. The molecule has 0 spiro atoms. The van der Waals surface area contributed by atoms with Gasteiger partial charge in [0, 0.05) is 37.2 Å². The largest absolute Gasteiger partial charge is 0.400 e. The van der Waals surface area contributed by atoms with Crippen LogP contribution < -0.4 is 21.7 Å². The average Bonchev–Trinajstić information content (AvgIpc) is 2.40. The second-order valence-corrected chi connectivity index (χ2v) is 4.66. The van der Waals surface area contributed by atoms with E-state index < -0.39 is 0 Å². The van der Waals surface area contributed by atoms with Gasteiger partial charge in [-0.05, 0) is 37.4 Å². The Morgan fingerprint density at radius 3 is 2.20 bits per heavy atom. The topological polar surface area (TPSA) is 84.4 Å². The Bertz CT molecular complexity index is 503. The lowest BCUT2D eigenvalue weighted by Gasteiger charge is -2.13. The van der Waals surface area contributed by atoms with Crippen LogP contribution in [0.3, 0.4) is 0 Å². The molecule has 0 aromatic heterocycles. The summed E-state index contributed by atoms with van der Waals surface area (Å²) < 4.78 is 0. The maximum atomic E-state index is 10.7. The molecule has 5 N–H and O–H groups in total. The third kappa shape index (κ3) is 4.78. The number of ketones is 1. The van der Waals surface area contributed by atoms with Crippen LogP contribution in [0.25, 0.3) is 0 Å². The minimum atomic E-state index is -0.0380. The highest BCUT2D eigenvalue weighted by atomic mass is 16.1. The van der Waals surface area contributed by atoms with Gasteiger partial charge in [-0.15, -0.1) is 0 Å². The molecule has 0 fully saturated rings. The van der Waals surface area contributed by atoms with Crippen molar-refractivity contribution in [1.82, 2.24) is 5.32 Å². The maximum absolute atomic E-state index is 10.7. The van der Waals surface area contributed by atoms with E-state index >= 15 is 0 Å². The van der Waals surface area contributed by atoms with Gasteiger partial charge in [0.15, 0.2) is 5.78 Å². The van der Waals surface area contributed by atoms with Crippen molar-refractivity contribution >= 4 is 17.2 Å². The number of nitrogens with zero attached hydrogens (tertiary/aromatic N) is 1. The minimum Gasteiger partial charge on any atom is -0.400 e. The number of carbonyl (C=O) groups excluding carboxylic acids is 1. The normalized spacial score (nSPS) is 17.1. The highest BCUT2D eigenvalue weighted by molar-refractivity contribution is 6.00. The molecule has 0 heterocycles. The summed E-state index contributed by atoms with van der Waals surface area (Å²) in [5.74, 6) is -0.0380. The fourth-order valence-electron chi connectivity index (χ4n) is 1.64. The second kappa shape index (κ2) is 7.35. The first-order valence-corrected chi connectivity index (χ1v) is 6.33. The molecule has 1 aliphatic rings. The molecule has 0 bridgehead atoms. The van der Waals surface area contributed by atoms with Crippen LogP contribution in [0.15, 0.2) is 48.2 Å². The van der Waals surface area contributed by atoms with Gasteiger partial charge in [-0.2, -0.15) is 0 Å². The van der Waals surface area contributed by atoms with Crippen LogP contribution in [-0.4, -0.2) is 33.0 Å². The third-order valence-corrected chi connectivity index (χ3v) is 2.84. The van der Waals surface area contributed by atoms with E-state index in [-0.39, 0.29) is 11.8 Å². The smallest absolute Gasteiger partial charge is 0.180 e. The summed E-state index contributed by atoms with van der Waals surface area (Å²) in [5, 5.41) is 2.94. The molecular formula is C15H22N4O. The lowest BCUT2D eigenvalue weighted by Crippen LogP contribution is -2.31. The van der Waals surface area contributed by atoms with Crippen molar-refractivity contribution in [2.45, 2.75) is 6.04 Å². The van der Waals surface area contributed by atoms with E-state index in [9.17, 15) is 4.79 Å². The van der Waals surface area contributed by atoms with E-state index in [2.05, 4.69) is 5.32 Å². The van der Waals surface area contributed by atoms with Crippen molar-refractivity contribution in [2.75, 3.05) is 31.8 Å². The van der Waals surface area contributed by atoms with Crippen LogP contribution in [0.2, 0.25) is 0 Å².